The summed E-state index contributed by atoms with van der Waals surface area (Å²) in [4.78, 5) is 111. The minimum absolute atomic E-state index is 0.0225. The number of aliphatic carboxylic acids is 3. The van der Waals surface area contributed by atoms with E-state index in [4.69, 9.17) is 29.5 Å². The fourth-order valence-corrected chi connectivity index (χ4v) is 9.27. The van der Waals surface area contributed by atoms with E-state index in [1.54, 1.807) is 105 Å². The molecule has 6 N–H and O–H groups in total. The molecule has 0 unspecified atom stereocenters. The van der Waals surface area contributed by atoms with Crippen LogP contribution in [0.2, 0.25) is 0 Å². The molecule has 0 aliphatic heterocycles. The van der Waals surface area contributed by atoms with Gasteiger partial charge in [-0.1, -0.05) is 78.9 Å². The monoisotopic (exact) mass is 1340 g/mol. The van der Waals surface area contributed by atoms with Crippen molar-refractivity contribution in [2.75, 3.05) is 72.9 Å². The largest absolute Gasteiger partial charge is 0.481 e. The highest BCUT2D eigenvalue weighted by atomic mass is 19.1. The number of hydrogen-bond acceptors (Lipinski definition) is 20. The maximum absolute atomic E-state index is 12.9. The Balaban J connectivity index is 0.000000207. The number of aryl methyl sites for hydroxylation is 1. The molecule has 0 atom stereocenters. The summed E-state index contributed by atoms with van der Waals surface area (Å²) < 4.78 is 28.4. The van der Waals surface area contributed by atoms with Gasteiger partial charge >= 0.3 is 36.2 Å². The summed E-state index contributed by atoms with van der Waals surface area (Å²) in [6, 6.07) is 42.5. The Morgan fingerprint density at radius 2 is 0.786 bits per heavy atom. The third kappa shape index (κ3) is 23.8. The molecule has 0 radical (unpaired) electrons. The number of aromatic nitrogens is 6. The van der Waals surface area contributed by atoms with E-state index in [1.165, 1.54) is 42.6 Å². The highest BCUT2D eigenvalue weighted by molar-refractivity contribution is 5.86. The Labute approximate surface area is 563 Å². The van der Waals surface area contributed by atoms with Crippen LogP contribution in [0.3, 0.4) is 0 Å². The first-order valence-corrected chi connectivity index (χ1v) is 30.2. The molecule has 0 aliphatic rings. The highest BCUT2D eigenvalue weighted by Gasteiger charge is 2.19. The van der Waals surface area contributed by atoms with E-state index in [0.29, 0.717) is 105 Å². The average molecular weight is 1340 g/mol. The zero-order valence-corrected chi connectivity index (χ0v) is 54.6. The van der Waals surface area contributed by atoms with Gasteiger partial charge in [0, 0.05) is 126 Å². The number of nitro groups is 1. The second kappa shape index (κ2) is 35.7. The summed E-state index contributed by atoms with van der Waals surface area (Å²) in [5, 5.41) is 45.9. The summed E-state index contributed by atoms with van der Waals surface area (Å²) in [7, 11) is 10.8. The molecular weight excluding hydrogens is 1270 g/mol. The highest BCUT2D eigenvalue weighted by Crippen LogP contribution is 2.24. The molecule has 0 aliphatic carbocycles. The number of nitro benzene ring substituents is 1. The molecule has 3 amide bonds. The number of carboxylic acids is 3. The van der Waals surface area contributed by atoms with Crippen LogP contribution in [0, 0.1) is 22.9 Å². The standard InChI is InChI=1S/C24H26N4O4.C23H23FN4O4.C23H23N5O6/c1-16-20(14-22(29)30)23(28(2)3)27-21(25-16)13-17-9-11-19(12-10-17)26-24(31)32-15-18-7-5-4-6-8-18;1-28(2)22-17(12-21(29)30)13-25-20(27-22)11-15-5-9-19(10-6-15)26-23(31)32-14-16-3-7-18(24)8-4-16;1-27(2)22-17(12-21(29)30)13-24-20(26-22)11-15-3-7-18(8-4-15)25-23(31)34-14-16-5-9-19(10-6-16)28(32)33/h4-12H,13-15H2,1-3H3,(H,26,31)(H,29,30);3-10,13H,11-12,14H2,1-2H3,(H,26,31)(H,29,30);3-10,13H,11-12,14H2,1-2H3,(H,25,31)(H,29,30). The Morgan fingerprint density at radius 3 is 1.14 bits per heavy atom. The molecule has 0 saturated carbocycles. The number of non-ortho nitro benzene ring substituents is 1. The summed E-state index contributed by atoms with van der Waals surface area (Å²) in [6.07, 6.45) is 2.21. The smallest absolute Gasteiger partial charge is 0.411 e. The van der Waals surface area contributed by atoms with Crippen molar-refractivity contribution in [3.8, 4) is 0 Å². The molecule has 27 nitrogen and oxygen atoms in total. The van der Waals surface area contributed by atoms with Crippen LogP contribution >= 0.6 is 0 Å². The van der Waals surface area contributed by atoms with Crippen molar-refractivity contribution >= 4 is 76.4 Å². The van der Waals surface area contributed by atoms with Crippen LogP contribution < -0.4 is 30.7 Å². The number of hydrogen-bond donors (Lipinski definition) is 6. The van der Waals surface area contributed by atoms with E-state index in [0.717, 1.165) is 22.3 Å². The maximum Gasteiger partial charge on any atom is 0.411 e. The lowest BCUT2D eigenvalue weighted by Gasteiger charge is -2.18. The van der Waals surface area contributed by atoms with Crippen LogP contribution in [-0.4, -0.2) is 129 Å². The van der Waals surface area contributed by atoms with Crippen molar-refractivity contribution < 1.29 is 67.6 Å². The summed E-state index contributed by atoms with van der Waals surface area (Å²) in [5.74, 6) is 0.273. The molecule has 0 spiro atoms. The van der Waals surface area contributed by atoms with Crippen LogP contribution in [-0.2, 0) is 86.9 Å². The molecule has 6 aromatic carbocycles. The lowest BCUT2D eigenvalue weighted by molar-refractivity contribution is -0.384. The van der Waals surface area contributed by atoms with Crippen molar-refractivity contribution in [2.45, 2.75) is 65.3 Å². The van der Waals surface area contributed by atoms with Crippen LogP contribution in [0.25, 0.3) is 0 Å². The van der Waals surface area contributed by atoms with Gasteiger partial charge in [-0.2, -0.15) is 0 Å². The average Bonchev–Trinajstić information content (AvgIpc) is 0.833. The molecule has 508 valence electrons. The third-order valence-electron chi connectivity index (χ3n) is 14.0. The Morgan fingerprint density at radius 1 is 0.449 bits per heavy atom. The van der Waals surface area contributed by atoms with Crippen LogP contribution in [0.5, 0.6) is 0 Å². The van der Waals surface area contributed by atoms with Gasteiger partial charge in [-0.25, -0.2) is 48.7 Å². The predicted molar refractivity (Wildman–Crippen MR) is 363 cm³/mol. The first kappa shape index (κ1) is 72.9. The van der Waals surface area contributed by atoms with E-state index < -0.39 is 41.1 Å². The number of nitrogens with zero attached hydrogens (tertiary/aromatic N) is 10. The Kier molecular flexibility index (Phi) is 26.6. The van der Waals surface area contributed by atoms with Gasteiger partial charge < -0.3 is 44.2 Å². The van der Waals surface area contributed by atoms with E-state index in [2.05, 4.69) is 45.9 Å². The second-order valence-electron chi connectivity index (χ2n) is 22.5. The topological polar surface area (TPSA) is 357 Å². The van der Waals surface area contributed by atoms with Crippen LogP contribution in [0.15, 0.2) is 164 Å². The zero-order valence-electron chi connectivity index (χ0n) is 54.6. The first-order chi connectivity index (χ1) is 46.8. The lowest BCUT2D eigenvalue weighted by atomic mass is 10.1. The van der Waals surface area contributed by atoms with Crippen molar-refractivity contribution in [3.63, 3.8) is 0 Å². The Hall–Kier alpha value is -12.5. The molecule has 98 heavy (non-hydrogen) atoms. The maximum atomic E-state index is 12.9. The lowest BCUT2D eigenvalue weighted by Crippen LogP contribution is -2.18. The van der Waals surface area contributed by atoms with Crippen molar-refractivity contribution in [1.29, 1.82) is 0 Å². The second-order valence-corrected chi connectivity index (χ2v) is 22.5. The number of amides is 3. The molecule has 0 fully saturated rings. The number of rotatable bonds is 25. The van der Waals surface area contributed by atoms with E-state index in [9.17, 15) is 43.3 Å². The van der Waals surface area contributed by atoms with Gasteiger partial charge in [0.25, 0.3) is 5.69 Å². The van der Waals surface area contributed by atoms with Crippen molar-refractivity contribution in [1.82, 2.24) is 29.9 Å². The van der Waals surface area contributed by atoms with Gasteiger partial charge in [0.05, 0.1) is 24.2 Å². The van der Waals surface area contributed by atoms with Crippen LogP contribution in [0.1, 0.15) is 73.2 Å². The number of anilines is 6. The molecular formula is C70H72FN13O14. The third-order valence-corrected chi connectivity index (χ3v) is 14.0. The van der Waals surface area contributed by atoms with Gasteiger partial charge in [0.15, 0.2) is 0 Å². The minimum atomic E-state index is -0.950. The number of benzene rings is 6. The SMILES string of the molecule is CN(C)c1nc(Cc2ccc(NC(=O)OCc3ccc(F)cc3)cc2)ncc1CC(=O)O.CN(C)c1nc(Cc2ccc(NC(=O)OCc3ccc([N+](=O)[O-])cc3)cc2)ncc1CC(=O)O.Cc1nc(Cc2ccc(NC(=O)OCc3ccccc3)cc2)nc(N(C)C)c1CC(=O)O. The van der Waals surface area contributed by atoms with Crippen molar-refractivity contribution in [2.24, 2.45) is 0 Å². The summed E-state index contributed by atoms with van der Waals surface area (Å²) >= 11 is 0. The van der Waals surface area contributed by atoms with E-state index in [1.807, 2.05) is 80.8 Å². The zero-order chi connectivity index (χ0) is 70.8. The number of halogens is 1. The van der Waals surface area contributed by atoms with Crippen LogP contribution in [0.4, 0.5) is 59.0 Å². The summed E-state index contributed by atoms with van der Waals surface area (Å²) in [5.41, 5.74) is 9.04. The number of carboxylic acid groups (broad SMARTS) is 3. The molecule has 3 heterocycles. The van der Waals surface area contributed by atoms with Crippen molar-refractivity contribution in [3.05, 3.63) is 253 Å². The van der Waals surface area contributed by atoms with Gasteiger partial charge in [-0.15, -0.1) is 0 Å². The molecule has 0 saturated heterocycles. The quantitative estimate of drug-likeness (QED) is 0.0176. The molecule has 9 aromatic rings. The number of ether oxygens (including phenoxy) is 3. The number of nitrogens with one attached hydrogen (secondary N) is 3. The fourth-order valence-electron chi connectivity index (χ4n) is 9.27. The normalized spacial score (nSPS) is 10.4. The summed E-state index contributed by atoms with van der Waals surface area (Å²) in [6.45, 7) is 2.01. The predicted octanol–water partition coefficient (Wildman–Crippen LogP) is 10.9. The molecule has 9 rings (SSSR count). The van der Waals surface area contributed by atoms with Gasteiger partial charge in [0.2, 0.25) is 0 Å². The van der Waals surface area contributed by atoms with Gasteiger partial charge in [-0.05, 0) is 101 Å². The molecule has 0 bridgehead atoms. The number of carbonyl (C=O) groups excluding carboxylic acids is 3. The first-order valence-electron chi connectivity index (χ1n) is 30.2. The fraction of sp³-hybridized carbons (Fsp3) is 0.229. The Bertz CT molecular complexity index is 4210. The number of carbonyl (C=O) groups is 6. The molecule has 28 heteroatoms. The molecule has 3 aromatic heterocycles. The van der Waals surface area contributed by atoms with Gasteiger partial charge in [0.1, 0.15) is 60.6 Å². The minimum Gasteiger partial charge on any atom is -0.481 e. The van der Waals surface area contributed by atoms with E-state index >= 15 is 0 Å². The van der Waals surface area contributed by atoms with E-state index in [-0.39, 0.29) is 50.6 Å². The van der Waals surface area contributed by atoms with Gasteiger partial charge in [-0.3, -0.25) is 40.4 Å².